The predicted molar refractivity (Wildman–Crippen MR) is 118 cm³/mol. The largest absolute Gasteiger partial charge is 0.483 e. The summed E-state index contributed by atoms with van der Waals surface area (Å²) in [5.74, 6) is 1.42. The monoisotopic (exact) mass is 424 g/mol. The summed E-state index contributed by atoms with van der Waals surface area (Å²) in [4.78, 5) is 16.5. The number of carbonyl (C=O) groups is 1. The third-order valence-corrected chi connectivity index (χ3v) is 5.85. The number of halogens is 1. The van der Waals surface area contributed by atoms with E-state index in [-0.39, 0.29) is 12.5 Å². The lowest BCUT2D eigenvalue weighted by atomic mass is 9.84. The molecule has 0 saturated heterocycles. The summed E-state index contributed by atoms with van der Waals surface area (Å²) in [5, 5.41) is 10.7. The highest BCUT2D eigenvalue weighted by molar-refractivity contribution is 6.30. The number of ether oxygens (including phenoxy) is 1. The molecule has 0 atom stereocenters. The second kappa shape index (κ2) is 9.30. The number of pyridine rings is 1. The molecular formula is C23H25ClN4O2. The third-order valence-electron chi connectivity index (χ3n) is 5.61. The maximum absolute atomic E-state index is 12.5. The van der Waals surface area contributed by atoms with Crippen LogP contribution in [0.4, 0.5) is 5.82 Å². The quantitative estimate of drug-likeness (QED) is 0.547. The Hall–Kier alpha value is -2.86. The van der Waals surface area contributed by atoms with Crippen molar-refractivity contribution in [2.75, 3.05) is 11.9 Å². The zero-order valence-corrected chi connectivity index (χ0v) is 17.7. The van der Waals surface area contributed by atoms with Gasteiger partial charge in [0.15, 0.2) is 12.4 Å². The maximum Gasteiger partial charge on any atom is 0.263 e. The molecule has 156 valence electrons. The number of anilines is 1. The van der Waals surface area contributed by atoms with Gasteiger partial charge in [-0.25, -0.2) is 0 Å². The van der Waals surface area contributed by atoms with Crippen LogP contribution in [0.5, 0.6) is 5.75 Å². The van der Waals surface area contributed by atoms with Crippen LogP contribution in [0, 0.1) is 6.92 Å². The number of nitrogens with zero attached hydrogens (tertiary/aromatic N) is 2. The lowest BCUT2D eigenvalue weighted by Crippen LogP contribution is -2.21. The number of aromatic amines is 1. The summed E-state index contributed by atoms with van der Waals surface area (Å²) in [6, 6.07) is 9.43. The van der Waals surface area contributed by atoms with Crippen molar-refractivity contribution in [2.45, 2.75) is 44.9 Å². The smallest absolute Gasteiger partial charge is 0.263 e. The van der Waals surface area contributed by atoms with E-state index in [2.05, 4.69) is 20.5 Å². The fourth-order valence-electron chi connectivity index (χ4n) is 4.01. The molecule has 6 nitrogen and oxygen atoms in total. The number of aromatic nitrogens is 3. The number of carbonyl (C=O) groups excluding carboxylic acids is 1. The first-order valence-electron chi connectivity index (χ1n) is 10.3. The van der Waals surface area contributed by atoms with E-state index in [1.807, 2.05) is 31.2 Å². The fraction of sp³-hybridized carbons (Fsp3) is 0.348. The molecule has 2 heterocycles. The minimum absolute atomic E-state index is 0.0851. The van der Waals surface area contributed by atoms with Gasteiger partial charge in [-0.05, 0) is 61.6 Å². The van der Waals surface area contributed by atoms with Gasteiger partial charge in [0.05, 0.1) is 5.69 Å². The van der Waals surface area contributed by atoms with Crippen molar-refractivity contribution in [3.8, 4) is 17.0 Å². The third kappa shape index (κ3) is 4.65. The molecule has 30 heavy (non-hydrogen) atoms. The van der Waals surface area contributed by atoms with Gasteiger partial charge in [-0.1, -0.05) is 30.9 Å². The Balaban J connectivity index is 1.42. The number of hydrogen-bond acceptors (Lipinski definition) is 4. The number of rotatable bonds is 6. The number of nitrogens with one attached hydrogen (secondary N) is 2. The van der Waals surface area contributed by atoms with Crippen LogP contribution in [0.3, 0.4) is 0 Å². The van der Waals surface area contributed by atoms with Gasteiger partial charge in [-0.15, -0.1) is 0 Å². The van der Waals surface area contributed by atoms with E-state index >= 15 is 0 Å². The van der Waals surface area contributed by atoms with E-state index in [0.29, 0.717) is 16.8 Å². The molecule has 0 spiro atoms. The van der Waals surface area contributed by atoms with Crippen LogP contribution >= 0.6 is 11.6 Å². The molecule has 0 bridgehead atoms. The van der Waals surface area contributed by atoms with Gasteiger partial charge >= 0.3 is 0 Å². The van der Waals surface area contributed by atoms with Crippen LogP contribution in [0.25, 0.3) is 11.3 Å². The Morgan fingerprint density at radius 3 is 2.73 bits per heavy atom. The average molecular weight is 425 g/mol. The summed E-state index contributed by atoms with van der Waals surface area (Å²) < 4.78 is 5.89. The van der Waals surface area contributed by atoms with Gasteiger partial charge in [0.25, 0.3) is 5.91 Å². The Labute approximate surface area is 181 Å². The summed E-state index contributed by atoms with van der Waals surface area (Å²) in [6.45, 7) is 1.83. The van der Waals surface area contributed by atoms with Gasteiger partial charge < -0.3 is 10.1 Å². The van der Waals surface area contributed by atoms with E-state index in [9.17, 15) is 4.79 Å². The van der Waals surface area contributed by atoms with Gasteiger partial charge in [0, 0.05) is 28.5 Å². The van der Waals surface area contributed by atoms with Crippen molar-refractivity contribution in [3.05, 3.63) is 58.9 Å². The highest BCUT2D eigenvalue weighted by Gasteiger charge is 2.20. The van der Waals surface area contributed by atoms with Crippen LogP contribution in [0.15, 0.2) is 42.7 Å². The van der Waals surface area contributed by atoms with E-state index in [4.69, 9.17) is 16.3 Å². The number of hydrogen-bond donors (Lipinski definition) is 2. The predicted octanol–water partition coefficient (Wildman–Crippen LogP) is 5.50. The first-order valence-corrected chi connectivity index (χ1v) is 10.7. The zero-order valence-electron chi connectivity index (χ0n) is 17.0. The van der Waals surface area contributed by atoms with Crippen LogP contribution in [0.1, 0.15) is 49.1 Å². The van der Waals surface area contributed by atoms with Crippen molar-refractivity contribution in [1.82, 2.24) is 15.2 Å². The molecule has 0 radical (unpaired) electrons. The van der Waals surface area contributed by atoms with Crippen LogP contribution in [-0.2, 0) is 4.79 Å². The van der Waals surface area contributed by atoms with Crippen molar-refractivity contribution in [2.24, 2.45) is 0 Å². The van der Waals surface area contributed by atoms with Crippen LogP contribution in [-0.4, -0.2) is 27.7 Å². The van der Waals surface area contributed by atoms with Crippen LogP contribution in [0.2, 0.25) is 5.02 Å². The van der Waals surface area contributed by atoms with Gasteiger partial charge in [-0.2, -0.15) is 5.10 Å². The molecule has 0 unspecified atom stereocenters. The molecule has 1 aliphatic rings. The number of H-pyrrole nitrogens is 1. The van der Waals surface area contributed by atoms with Crippen molar-refractivity contribution < 1.29 is 9.53 Å². The van der Waals surface area contributed by atoms with Gasteiger partial charge in [-0.3, -0.25) is 14.9 Å². The summed E-state index contributed by atoms with van der Waals surface area (Å²) in [5.41, 5.74) is 3.78. The molecule has 1 saturated carbocycles. The molecule has 1 aromatic carbocycles. The van der Waals surface area contributed by atoms with E-state index in [1.54, 1.807) is 18.5 Å². The standard InChI is InChI=1S/C23H25ClN4O2/c1-15-22(17-9-11-25-12-10-17)27-28-23(15)26-21(29)14-30-20-8-7-18(24)13-19(20)16-5-3-2-4-6-16/h7-13,16H,2-6,14H2,1H3,(H2,26,27,28,29). The highest BCUT2D eigenvalue weighted by atomic mass is 35.5. The zero-order chi connectivity index (χ0) is 20.9. The molecule has 7 heteroatoms. The van der Waals surface area contributed by atoms with E-state index in [0.717, 1.165) is 41.0 Å². The number of benzene rings is 1. The first-order chi connectivity index (χ1) is 14.6. The minimum Gasteiger partial charge on any atom is -0.483 e. The van der Waals surface area contributed by atoms with Gasteiger partial charge in [0.1, 0.15) is 5.75 Å². The van der Waals surface area contributed by atoms with Crippen molar-refractivity contribution in [1.29, 1.82) is 0 Å². The normalized spacial score (nSPS) is 14.5. The second-order valence-electron chi connectivity index (χ2n) is 7.66. The van der Waals surface area contributed by atoms with Crippen molar-refractivity contribution >= 4 is 23.3 Å². The lowest BCUT2D eigenvalue weighted by molar-refractivity contribution is -0.118. The Morgan fingerprint density at radius 2 is 1.97 bits per heavy atom. The SMILES string of the molecule is Cc1c(NC(=O)COc2ccc(Cl)cc2C2CCCCC2)n[nH]c1-c1ccncc1. The van der Waals surface area contributed by atoms with Crippen molar-refractivity contribution in [3.63, 3.8) is 0 Å². The summed E-state index contributed by atoms with van der Waals surface area (Å²) >= 11 is 6.23. The Morgan fingerprint density at radius 1 is 1.20 bits per heavy atom. The lowest BCUT2D eigenvalue weighted by Gasteiger charge is -2.24. The molecule has 2 aromatic heterocycles. The molecule has 2 N–H and O–H groups in total. The summed E-state index contributed by atoms with van der Waals surface area (Å²) in [7, 11) is 0. The molecule has 1 aliphatic carbocycles. The summed E-state index contributed by atoms with van der Waals surface area (Å²) in [6.07, 6.45) is 9.42. The van der Waals surface area contributed by atoms with Crippen LogP contribution < -0.4 is 10.1 Å². The molecule has 0 aliphatic heterocycles. The molecule has 4 rings (SSSR count). The Kier molecular flexibility index (Phi) is 6.33. The fourth-order valence-corrected chi connectivity index (χ4v) is 4.19. The minimum atomic E-state index is -0.254. The maximum atomic E-state index is 12.5. The second-order valence-corrected chi connectivity index (χ2v) is 8.10. The molecule has 1 fully saturated rings. The Bertz CT molecular complexity index is 1010. The number of amides is 1. The van der Waals surface area contributed by atoms with E-state index in [1.165, 1.54) is 19.3 Å². The topological polar surface area (TPSA) is 79.9 Å². The molecular weight excluding hydrogens is 400 g/mol. The molecule has 3 aromatic rings. The first kappa shape index (κ1) is 20.4. The van der Waals surface area contributed by atoms with Gasteiger partial charge in [0.2, 0.25) is 0 Å². The highest BCUT2D eigenvalue weighted by Crippen LogP contribution is 2.38. The molecule has 1 amide bonds. The average Bonchev–Trinajstić information content (AvgIpc) is 3.14. The van der Waals surface area contributed by atoms with E-state index < -0.39 is 0 Å².